The summed E-state index contributed by atoms with van der Waals surface area (Å²) in [5.41, 5.74) is 5.32. The van der Waals surface area contributed by atoms with Crippen LogP contribution in [-0.4, -0.2) is 25.8 Å². The van der Waals surface area contributed by atoms with E-state index in [0.29, 0.717) is 32.6 Å². The maximum atomic E-state index is 13.9. The molecule has 0 bridgehead atoms. The summed E-state index contributed by atoms with van der Waals surface area (Å²) in [7, 11) is 1.86. The first kappa shape index (κ1) is 24.9. The number of fused-ring (bicyclic) bond motifs is 1. The lowest BCUT2D eigenvalue weighted by Crippen LogP contribution is -2.24. The van der Waals surface area contributed by atoms with Crippen molar-refractivity contribution in [1.29, 1.82) is 0 Å². The van der Waals surface area contributed by atoms with Crippen molar-refractivity contribution in [3.63, 3.8) is 0 Å². The Morgan fingerprint density at radius 1 is 1.00 bits per heavy atom. The van der Waals surface area contributed by atoms with Gasteiger partial charge in [0.2, 0.25) is 5.91 Å². The molecule has 1 amide bonds. The number of anilines is 1. The van der Waals surface area contributed by atoms with Gasteiger partial charge < -0.3 is 9.88 Å². The first-order chi connectivity index (χ1) is 17.9. The van der Waals surface area contributed by atoms with Crippen LogP contribution in [0.15, 0.2) is 95.0 Å². The third-order valence-corrected chi connectivity index (χ3v) is 7.30. The molecule has 6 nitrogen and oxygen atoms in total. The number of nitrogens with one attached hydrogen (secondary N) is 1. The van der Waals surface area contributed by atoms with Gasteiger partial charge in [-0.25, -0.2) is 4.98 Å². The van der Waals surface area contributed by atoms with E-state index < -0.39 is 0 Å². The van der Waals surface area contributed by atoms with E-state index >= 15 is 0 Å². The fourth-order valence-corrected chi connectivity index (χ4v) is 5.14. The molecule has 2 aromatic heterocycles. The molecule has 0 atom stereocenters. The summed E-state index contributed by atoms with van der Waals surface area (Å²) in [6.45, 7) is 2.09. The largest absolute Gasteiger partial charge is 0.344 e. The van der Waals surface area contributed by atoms with Gasteiger partial charge in [0.05, 0.1) is 11.4 Å². The van der Waals surface area contributed by atoms with Crippen LogP contribution in [0.4, 0.5) is 5.69 Å². The molecule has 5 aromatic rings. The van der Waals surface area contributed by atoms with Gasteiger partial charge in [-0.15, -0.1) is 0 Å². The summed E-state index contributed by atoms with van der Waals surface area (Å²) >= 11 is 7.18. The van der Waals surface area contributed by atoms with E-state index in [9.17, 15) is 9.59 Å². The summed E-state index contributed by atoms with van der Waals surface area (Å²) in [6, 6.07) is 24.7. The third-order valence-electron chi connectivity index (χ3n) is 6.11. The second-order valence-corrected chi connectivity index (χ2v) is 9.99. The second kappa shape index (κ2) is 10.7. The summed E-state index contributed by atoms with van der Waals surface area (Å²) in [6.07, 6.45) is 2.83. The summed E-state index contributed by atoms with van der Waals surface area (Å²) in [5, 5.41) is 3.92. The smallest absolute Gasteiger partial charge is 0.283 e. The van der Waals surface area contributed by atoms with E-state index in [0.717, 1.165) is 17.5 Å². The Balaban J connectivity index is 1.58. The van der Waals surface area contributed by atoms with Gasteiger partial charge in [0.15, 0.2) is 5.16 Å². The van der Waals surface area contributed by atoms with E-state index in [1.54, 1.807) is 28.8 Å². The van der Waals surface area contributed by atoms with Crippen LogP contribution in [0.1, 0.15) is 12.5 Å². The highest BCUT2D eigenvalue weighted by Gasteiger charge is 2.20. The zero-order chi connectivity index (χ0) is 25.9. The molecule has 1 N–H and O–H groups in total. The minimum atomic E-state index is -0.203. The maximum absolute atomic E-state index is 13.9. The molecule has 0 aliphatic carbocycles. The second-order valence-electron chi connectivity index (χ2n) is 8.62. The number of aryl methyl sites for hydroxylation is 2. The van der Waals surface area contributed by atoms with E-state index in [2.05, 4.69) is 12.2 Å². The first-order valence-electron chi connectivity index (χ1n) is 11.9. The molecule has 0 unspecified atom stereocenters. The first-order valence-corrected chi connectivity index (χ1v) is 13.3. The molecule has 0 saturated carbocycles. The highest BCUT2D eigenvalue weighted by Crippen LogP contribution is 2.30. The van der Waals surface area contributed by atoms with Gasteiger partial charge in [0.1, 0.15) is 11.0 Å². The zero-order valence-corrected chi connectivity index (χ0v) is 22.0. The fourth-order valence-electron chi connectivity index (χ4n) is 4.21. The minimum absolute atomic E-state index is 0.0844. The zero-order valence-electron chi connectivity index (χ0n) is 20.4. The monoisotopic (exact) mass is 528 g/mol. The highest BCUT2D eigenvalue weighted by atomic mass is 35.5. The van der Waals surface area contributed by atoms with Crippen molar-refractivity contribution in [2.75, 3.05) is 11.1 Å². The van der Waals surface area contributed by atoms with Crippen LogP contribution < -0.4 is 10.9 Å². The average Bonchev–Trinajstić information content (AvgIpc) is 3.26. The number of aromatic nitrogens is 3. The number of hydrogen-bond acceptors (Lipinski definition) is 4. The third kappa shape index (κ3) is 5.19. The Kier molecular flexibility index (Phi) is 7.17. The van der Waals surface area contributed by atoms with Crippen LogP contribution in [0.2, 0.25) is 5.02 Å². The number of amides is 1. The number of nitrogens with zero attached hydrogens (tertiary/aromatic N) is 3. The molecule has 0 aliphatic heterocycles. The summed E-state index contributed by atoms with van der Waals surface area (Å²) in [4.78, 5) is 31.6. The van der Waals surface area contributed by atoms with Crippen LogP contribution >= 0.6 is 23.4 Å². The van der Waals surface area contributed by atoms with E-state index in [-0.39, 0.29) is 17.2 Å². The molecule has 8 heteroatoms. The minimum Gasteiger partial charge on any atom is -0.344 e. The predicted molar refractivity (Wildman–Crippen MR) is 152 cm³/mol. The Labute approximate surface area is 223 Å². The van der Waals surface area contributed by atoms with Gasteiger partial charge in [-0.3, -0.25) is 14.2 Å². The molecule has 0 aliphatic rings. The number of halogens is 1. The van der Waals surface area contributed by atoms with Crippen molar-refractivity contribution in [2.45, 2.75) is 18.5 Å². The van der Waals surface area contributed by atoms with Crippen molar-refractivity contribution in [3.8, 4) is 16.8 Å². The molecule has 2 heterocycles. The lowest BCUT2D eigenvalue weighted by atomic mass is 10.1. The normalized spacial score (nSPS) is 11.1. The van der Waals surface area contributed by atoms with Gasteiger partial charge in [-0.05, 0) is 53.9 Å². The van der Waals surface area contributed by atoms with E-state index in [1.807, 2.05) is 72.4 Å². The number of hydrogen-bond donors (Lipinski definition) is 1. The SMILES string of the molecule is CCc1ccc(-n2c(SCC(=O)Nc3ccc(Cl)cc3)nc3c(-c4ccccc4)cn(C)c3c2=O)cc1. The Hall–Kier alpha value is -3.81. The molecule has 0 spiro atoms. The van der Waals surface area contributed by atoms with Crippen LogP contribution in [-0.2, 0) is 18.3 Å². The van der Waals surface area contributed by atoms with Crippen LogP contribution in [0.5, 0.6) is 0 Å². The molecule has 0 fully saturated rings. The highest BCUT2D eigenvalue weighted by molar-refractivity contribution is 7.99. The number of thioether (sulfide) groups is 1. The lowest BCUT2D eigenvalue weighted by Gasteiger charge is -2.13. The van der Waals surface area contributed by atoms with Crippen LogP contribution in [0.25, 0.3) is 27.8 Å². The standard InChI is InChI=1S/C29H25ClN4O2S/c1-3-19-9-15-23(16-10-19)34-28(36)27-26(24(17-33(27)2)20-7-5-4-6-8-20)32-29(34)37-18-25(35)31-22-13-11-21(30)12-14-22/h4-17H,3,18H2,1-2H3,(H,31,35). The fraction of sp³-hybridized carbons (Fsp3) is 0.138. The molecule has 0 radical (unpaired) electrons. The number of rotatable bonds is 7. The van der Waals surface area contributed by atoms with E-state index in [1.165, 1.54) is 17.3 Å². The van der Waals surface area contributed by atoms with Gasteiger partial charge in [-0.1, -0.05) is 72.8 Å². The van der Waals surface area contributed by atoms with Crippen molar-refractivity contribution >= 4 is 46.0 Å². The average molecular weight is 529 g/mol. The molecular formula is C29H25ClN4O2S. The quantitative estimate of drug-likeness (QED) is 0.198. The van der Waals surface area contributed by atoms with Crippen LogP contribution in [0, 0.1) is 0 Å². The van der Waals surface area contributed by atoms with Gasteiger partial charge in [0.25, 0.3) is 5.56 Å². The topological polar surface area (TPSA) is 68.9 Å². The molecule has 3 aromatic carbocycles. The summed E-state index contributed by atoms with van der Waals surface area (Å²) < 4.78 is 3.42. The Morgan fingerprint density at radius 2 is 1.70 bits per heavy atom. The molecular weight excluding hydrogens is 504 g/mol. The number of carbonyl (C=O) groups is 1. The van der Waals surface area contributed by atoms with Gasteiger partial charge in [0, 0.05) is 29.5 Å². The van der Waals surface area contributed by atoms with Gasteiger partial charge >= 0.3 is 0 Å². The molecule has 0 saturated heterocycles. The Bertz CT molecular complexity index is 1630. The van der Waals surface area contributed by atoms with Crippen molar-refractivity contribution in [2.24, 2.45) is 7.05 Å². The Morgan fingerprint density at radius 3 is 2.38 bits per heavy atom. The van der Waals surface area contributed by atoms with E-state index in [4.69, 9.17) is 16.6 Å². The van der Waals surface area contributed by atoms with Crippen LogP contribution in [0.3, 0.4) is 0 Å². The molecule has 5 rings (SSSR count). The predicted octanol–water partition coefficient (Wildman–Crippen LogP) is 6.34. The van der Waals surface area contributed by atoms with Gasteiger partial charge in [-0.2, -0.15) is 0 Å². The number of carbonyl (C=O) groups excluding carboxylic acids is 1. The van der Waals surface area contributed by atoms with Crippen molar-refractivity contribution < 1.29 is 4.79 Å². The lowest BCUT2D eigenvalue weighted by molar-refractivity contribution is -0.113. The van der Waals surface area contributed by atoms with Crippen molar-refractivity contribution in [1.82, 2.24) is 14.1 Å². The maximum Gasteiger partial charge on any atom is 0.283 e. The molecule has 37 heavy (non-hydrogen) atoms. The summed E-state index contributed by atoms with van der Waals surface area (Å²) in [5.74, 6) is -0.118. The molecule has 186 valence electrons. The number of benzene rings is 3. The van der Waals surface area contributed by atoms with Crippen molar-refractivity contribution in [3.05, 3.63) is 106 Å².